The molecule has 0 saturated heterocycles. The lowest BCUT2D eigenvalue weighted by Crippen LogP contribution is -2.22. The van der Waals surface area contributed by atoms with Crippen molar-refractivity contribution >= 4 is 17.8 Å². The summed E-state index contributed by atoms with van der Waals surface area (Å²) in [5, 5.41) is 0. The maximum atomic E-state index is 12.5. The molecule has 0 spiro atoms. The predicted molar refractivity (Wildman–Crippen MR) is 124 cm³/mol. The van der Waals surface area contributed by atoms with E-state index in [2.05, 4.69) is 0 Å². The van der Waals surface area contributed by atoms with Gasteiger partial charge in [0, 0.05) is 5.56 Å². The molecule has 1 fully saturated rings. The number of hydrogen-bond acceptors (Lipinski definition) is 3. The van der Waals surface area contributed by atoms with Crippen LogP contribution in [-0.2, 0) is 4.79 Å². The van der Waals surface area contributed by atoms with Crippen molar-refractivity contribution in [2.45, 2.75) is 32.1 Å². The van der Waals surface area contributed by atoms with Crippen LogP contribution in [0.5, 0.6) is 5.75 Å². The summed E-state index contributed by atoms with van der Waals surface area (Å²) in [6.45, 7) is 0. The lowest BCUT2D eigenvalue weighted by molar-refractivity contribution is -0.139. The minimum Gasteiger partial charge on any atom is -0.426 e. The van der Waals surface area contributed by atoms with Crippen molar-refractivity contribution in [2.75, 3.05) is 0 Å². The van der Waals surface area contributed by atoms with Gasteiger partial charge >= 0.3 is 5.97 Å². The van der Waals surface area contributed by atoms with Gasteiger partial charge in [-0.2, -0.15) is 0 Å². The molecule has 1 saturated carbocycles. The third-order valence-electron chi connectivity index (χ3n) is 5.74. The van der Waals surface area contributed by atoms with E-state index in [-0.39, 0.29) is 17.7 Å². The zero-order chi connectivity index (χ0) is 21.5. The number of carbonyl (C=O) groups excluding carboxylic acids is 2. The molecule has 0 radical (unpaired) electrons. The molecule has 1 aliphatic rings. The third kappa shape index (κ3) is 5.58. The van der Waals surface area contributed by atoms with E-state index in [9.17, 15) is 9.59 Å². The van der Waals surface area contributed by atoms with Crippen LogP contribution in [0.1, 0.15) is 48.0 Å². The van der Waals surface area contributed by atoms with Crippen molar-refractivity contribution in [1.82, 2.24) is 0 Å². The van der Waals surface area contributed by atoms with Gasteiger partial charge in [-0.3, -0.25) is 9.59 Å². The van der Waals surface area contributed by atoms with E-state index in [4.69, 9.17) is 4.74 Å². The monoisotopic (exact) mass is 410 g/mol. The summed E-state index contributed by atoms with van der Waals surface area (Å²) < 4.78 is 5.52. The number of ketones is 1. The normalized spacial score (nSPS) is 14.5. The Labute approximate surface area is 183 Å². The zero-order valence-corrected chi connectivity index (χ0v) is 17.5. The molecule has 3 aromatic carbocycles. The molecule has 1 aliphatic carbocycles. The van der Waals surface area contributed by atoms with Crippen LogP contribution in [0.25, 0.3) is 17.2 Å². The maximum absolute atomic E-state index is 12.5. The molecule has 3 heteroatoms. The number of ether oxygens (including phenoxy) is 1. The number of hydrogen-bond donors (Lipinski definition) is 0. The smallest absolute Gasteiger partial charge is 0.314 e. The summed E-state index contributed by atoms with van der Waals surface area (Å²) >= 11 is 0. The highest BCUT2D eigenvalue weighted by Gasteiger charge is 2.22. The van der Waals surface area contributed by atoms with E-state index in [1.54, 1.807) is 24.3 Å². The first-order valence-corrected chi connectivity index (χ1v) is 10.9. The number of rotatable bonds is 6. The van der Waals surface area contributed by atoms with Gasteiger partial charge in [0.05, 0.1) is 5.92 Å². The second-order valence-corrected chi connectivity index (χ2v) is 7.97. The van der Waals surface area contributed by atoms with E-state index in [1.165, 1.54) is 6.42 Å². The van der Waals surface area contributed by atoms with Gasteiger partial charge in [0.1, 0.15) is 5.75 Å². The Kier molecular flexibility index (Phi) is 6.73. The average Bonchev–Trinajstić information content (AvgIpc) is 2.84. The molecule has 0 aromatic heterocycles. The first-order valence-electron chi connectivity index (χ1n) is 10.9. The molecule has 3 aromatic rings. The van der Waals surface area contributed by atoms with Gasteiger partial charge < -0.3 is 4.74 Å². The maximum Gasteiger partial charge on any atom is 0.314 e. The summed E-state index contributed by atoms with van der Waals surface area (Å²) in [5.74, 6) is 0.402. The largest absolute Gasteiger partial charge is 0.426 e. The second kappa shape index (κ2) is 10.0. The molecule has 0 unspecified atom stereocenters. The van der Waals surface area contributed by atoms with Gasteiger partial charge in [-0.15, -0.1) is 0 Å². The Morgan fingerprint density at radius 3 is 2.06 bits per heavy atom. The Hall–Kier alpha value is -3.46. The molecule has 0 bridgehead atoms. The summed E-state index contributed by atoms with van der Waals surface area (Å²) in [7, 11) is 0. The summed E-state index contributed by atoms with van der Waals surface area (Å²) in [4.78, 5) is 24.8. The highest BCUT2D eigenvalue weighted by atomic mass is 16.5. The van der Waals surface area contributed by atoms with Crippen molar-refractivity contribution in [2.24, 2.45) is 5.92 Å². The van der Waals surface area contributed by atoms with Crippen LogP contribution in [0, 0.1) is 5.92 Å². The van der Waals surface area contributed by atoms with Gasteiger partial charge in [-0.25, -0.2) is 0 Å². The van der Waals surface area contributed by atoms with Crippen LogP contribution < -0.4 is 4.74 Å². The van der Waals surface area contributed by atoms with Crippen LogP contribution in [0.3, 0.4) is 0 Å². The lowest BCUT2D eigenvalue weighted by Gasteiger charge is -2.19. The molecular formula is C28H26O3. The van der Waals surface area contributed by atoms with Gasteiger partial charge in [0.25, 0.3) is 0 Å². The first-order chi connectivity index (χ1) is 15.2. The second-order valence-electron chi connectivity index (χ2n) is 7.97. The minimum absolute atomic E-state index is 0.0271. The topological polar surface area (TPSA) is 43.4 Å². The Morgan fingerprint density at radius 2 is 1.39 bits per heavy atom. The zero-order valence-electron chi connectivity index (χ0n) is 17.5. The van der Waals surface area contributed by atoms with Crippen LogP contribution in [0.2, 0.25) is 0 Å². The lowest BCUT2D eigenvalue weighted by atomic mass is 9.89. The summed E-state index contributed by atoms with van der Waals surface area (Å²) in [5.41, 5.74) is 3.74. The molecule has 0 heterocycles. The Bertz CT molecular complexity index is 1040. The molecule has 0 N–H and O–H groups in total. The van der Waals surface area contributed by atoms with Crippen molar-refractivity contribution in [1.29, 1.82) is 0 Å². The quantitative estimate of drug-likeness (QED) is 0.196. The predicted octanol–water partition coefficient (Wildman–Crippen LogP) is 6.74. The molecular weight excluding hydrogens is 384 g/mol. The van der Waals surface area contributed by atoms with Crippen molar-refractivity contribution < 1.29 is 14.3 Å². The number of carbonyl (C=O) groups is 2. The van der Waals surface area contributed by atoms with Gasteiger partial charge in [0.2, 0.25) is 0 Å². The standard InChI is InChI=1S/C28H26O3/c29-27(24-16-14-23(15-17-24)22-7-3-1-4-8-22)20-13-21-11-18-26(19-12-21)31-28(30)25-9-5-2-6-10-25/h1,3-4,7-8,11-20,25H,2,5-6,9-10H2/b20-13+. The van der Waals surface area contributed by atoms with Gasteiger partial charge in [-0.05, 0) is 47.7 Å². The van der Waals surface area contributed by atoms with Crippen LogP contribution in [0.4, 0.5) is 0 Å². The van der Waals surface area contributed by atoms with Crippen LogP contribution in [0.15, 0.2) is 84.9 Å². The SMILES string of the molecule is O=C(/C=C/c1ccc(OC(=O)C2CCCCC2)cc1)c1ccc(-c2ccccc2)cc1. The minimum atomic E-state index is -0.128. The molecule has 156 valence electrons. The molecule has 0 aliphatic heterocycles. The number of benzene rings is 3. The highest BCUT2D eigenvalue weighted by Crippen LogP contribution is 2.26. The van der Waals surface area contributed by atoms with E-state index >= 15 is 0 Å². The van der Waals surface area contributed by atoms with Crippen molar-refractivity contribution in [3.05, 3.63) is 96.1 Å². The van der Waals surface area contributed by atoms with Gasteiger partial charge in [0.15, 0.2) is 5.78 Å². The molecule has 3 nitrogen and oxygen atoms in total. The fourth-order valence-electron chi connectivity index (χ4n) is 3.91. The van der Waals surface area contributed by atoms with Crippen LogP contribution >= 0.6 is 0 Å². The van der Waals surface area contributed by atoms with Crippen molar-refractivity contribution in [3.8, 4) is 16.9 Å². The summed E-state index contributed by atoms with van der Waals surface area (Å²) in [6, 6.07) is 25.0. The molecule has 0 amide bonds. The fraction of sp³-hybridized carbons (Fsp3) is 0.214. The highest BCUT2D eigenvalue weighted by molar-refractivity contribution is 6.07. The van der Waals surface area contributed by atoms with E-state index < -0.39 is 0 Å². The first kappa shape index (κ1) is 20.8. The third-order valence-corrected chi connectivity index (χ3v) is 5.74. The van der Waals surface area contributed by atoms with E-state index in [0.717, 1.165) is 42.4 Å². The van der Waals surface area contributed by atoms with Gasteiger partial charge in [-0.1, -0.05) is 92.1 Å². The van der Waals surface area contributed by atoms with E-state index in [0.29, 0.717) is 11.3 Å². The van der Waals surface area contributed by atoms with Crippen LogP contribution in [-0.4, -0.2) is 11.8 Å². The average molecular weight is 411 g/mol. The Balaban J connectivity index is 1.34. The van der Waals surface area contributed by atoms with Crippen molar-refractivity contribution in [3.63, 3.8) is 0 Å². The fourth-order valence-corrected chi connectivity index (χ4v) is 3.91. The number of esters is 1. The molecule has 31 heavy (non-hydrogen) atoms. The number of allylic oxidation sites excluding steroid dienone is 1. The molecule has 4 rings (SSSR count). The van der Waals surface area contributed by atoms with E-state index in [1.807, 2.05) is 66.7 Å². The summed E-state index contributed by atoms with van der Waals surface area (Å²) in [6.07, 6.45) is 8.61. The molecule has 0 atom stereocenters. The Morgan fingerprint density at radius 1 is 0.742 bits per heavy atom.